The predicted octanol–water partition coefficient (Wildman–Crippen LogP) is 1.27. The second-order valence-electron chi connectivity index (χ2n) is 6.45. The van der Waals surface area contributed by atoms with Crippen molar-refractivity contribution in [2.24, 2.45) is 0 Å². The van der Waals surface area contributed by atoms with Gasteiger partial charge in [0.15, 0.2) is 19.7 Å². The van der Waals surface area contributed by atoms with Crippen molar-refractivity contribution in [2.45, 2.75) is 35.8 Å². The molecule has 1 aromatic carbocycles. The largest absolute Gasteiger partial charge is 0.339 e. The first-order valence-electron chi connectivity index (χ1n) is 8.13. The van der Waals surface area contributed by atoms with E-state index in [4.69, 9.17) is 0 Å². The maximum Gasteiger partial charge on any atom is 0.253 e. The molecule has 6 nitrogen and oxygen atoms in total. The van der Waals surface area contributed by atoms with Gasteiger partial charge in [0.2, 0.25) is 0 Å². The van der Waals surface area contributed by atoms with E-state index in [0.29, 0.717) is 5.56 Å². The van der Waals surface area contributed by atoms with Gasteiger partial charge in [0.05, 0.1) is 21.7 Å². The summed E-state index contributed by atoms with van der Waals surface area (Å²) >= 11 is 0. The van der Waals surface area contributed by atoms with Gasteiger partial charge in [-0.3, -0.25) is 4.79 Å². The third-order valence-corrected chi connectivity index (χ3v) is 8.89. The Morgan fingerprint density at radius 2 is 1.67 bits per heavy atom. The summed E-state index contributed by atoms with van der Waals surface area (Å²) in [5, 5.41) is -0.883. The number of nitrogens with zero attached hydrogens (tertiary/aromatic N) is 1. The number of hydrogen-bond acceptors (Lipinski definition) is 5. The standard InChI is InChI=1S/C16H21NO5S2/c18-16(17-9-2-1-3-10-17)13-4-6-14(7-5-13)24(21,22)15-8-11-23(19,20)12-15/h4-7,15H,1-3,8-12H2/t15-/m1/s1. The van der Waals surface area contributed by atoms with Crippen molar-refractivity contribution < 1.29 is 21.6 Å². The van der Waals surface area contributed by atoms with E-state index in [1.165, 1.54) is 24.3 Å². The van der Waals surface area contributed by atoms with E-state index < -0.39 is 24.9 Å². The van der Waals surface area contributed by atoms with Crippen molar-refractivity contribution in [3.8, 4) is 0 Å². The first kappa shape index (κ1) is 17.4. The van der Waals surface area contributed by atoms with E-state index in [0.717, 1.165) is 32.4 Å². The van der Waals surface area contributed by atoms with Crippen molar-refractivity contribution in [1.29, 1.82) is 0 Å². The Morgan fingerprint density at radius 3 is 2.21 bits per heavy atom. The monoisotopic (exact) mass is 371 g/mol. The fraction of sp³-hybridized carbons (Fsp3) is 0.562. The topological polar surface area (TPSA) is 88.6 Å². The van der Waals surface area contributed by atoms with Gasteiger partial charge >= 0.3 is 0 Å². The summed E-state index contributed by atoms with van der Waals surface area (Å²) in [4.78, 5) is 14.3. The van der Waals surface area contributed by atoms with Crippen LogP contribution >= 0.6 is 0 Å². The molecule has 1 amide bonds. The zero-order valence-corrected chi connectivity index (χ0v) is 15.0. The number of piperidine rings is 1. The van der Waals surface area contributed by atoms with Crippen LogP contribution in [0.2, 0.25) is 0 Å². The number of hydrogen-bond donors (Lipinski definition) is 0. The van der Waals surface area contributed by atoms with Crippen LogP contribution in [0, 0.1) is 0 Å². The molecule has 0 unspecified atom stereocenters. The van der Waals surface area contributed by atoms with Gasteiger partial charge in [-0.15, -0.1) is 0 Å². The highest BCUT2D eigenvalue weighted by Crippen LogP contribution is 2.26. The highest BCUT2D eigenvalue weighted by Gasteiger charge is 2.38. The van der Waals surface area contributed by atoms with Crippen LogP contribution in [0.5, 0.6) is 0 Å². The van der Waals surface area contributed by atoms with Crippen LogP contribution in [0.25, 0.3) is 0 Å². The smallest absolute Gasteiger partial charge is 0.253 e. The molecule has 0 aromatic heterocycles. The number of carbonyl (C=O) groups is 1. The van der Waals surface area contributed by atoms with Crippen LogP contribution in [0.15, 0.2) is 29.2 Å². The Balaban J connectivity index is 1.77. The van der Waals surface area contributed by atoms with E-state index in [9.17, 15) is 21.6 Å². The average Bonchev–Trinajstić information content (AvgIpc) is 2.96. The molecule has 0 bridgehead atoms. The van der Waals surface area contributed by atoms with Gasteiger partial charge in [-0.2, -0.15) is 0 Å². The lowest BCUT2D eigenvalue weighted by Gasteiger charge is -2.26. The fourth-order valence-electron chi connectivity index (χ4n) is 3.26. The van der Waals surface area contributed by atoms with Crippen LogP contribution in [-0.4, -0.2) is 57.5 Å². The highest BCUT2D eigenvalue weighted by atomic mass is 32.2. The van der Waals surface area contributed by atoms with Crippen molar-refractivity contribution in [3.63, 3.8) is 0 Å². The van der Waals surface area contributed by atoms with Gasteiger partial charge in [0.1, 0.15) is 0 Å². The number of sulfone groups is 2. The summed E-state index contributed by atoms with van der Waals surface area (Å²) in [7, 11) is -6.94. The lowest BCUT2D eigenvalue weighted by atomic mass is 10.1. The molecule has 2 saturated heterocycles. The second kappa shape index (κ2) is 6.48. The molecule has 0 N–H and O–H groups in total. The zero-order chi connectivity index (χ0) is 17.4. The van der Waals surface area contributed by atoms with Gasteiger partial charge in [0.25, 0.3) is 5.91 Å². The van der Waals surface area contributed by atoms with E-state index in [2.05, 4.69) is 0 Å². The van der Waals surface area contributed by atoms with E-state index in [1.54, 1.807) is 4.90 Å². The molecule has 2 aliphatic rings. The highest BCUT2D eigenvalue weighted by molar-refractivity contribution is 7.96. The van der Waals surface area contributed by atoms with Crippen LogP contribution in [0.1, 0.15) is 36.0 Å². The number of benzene rings is 1. The van der Waals surface area contributed by atoms with Gasteiger partial charge in [-0.25, -0.2) is 16.8 Å². The van der Waals surface area contributed by atoms with Crippen LogP contribution in [-0.2, 0) is 19.7 Å². The number of rotatable bonds is 3. The molecule has 24 heavy (non-hydrogen) atoms. The van der Waals surface area contributed by atoms with Crippen LogP contribution in [0.4, 0.5) is 0 Å². The molecule has 1 aromatic rings. The molecular weight excluding hydrogens is 350 g/mol. The average molecular weight is 371 g/mol. The maximum atomic E-state index is 12.5. The Hall–Kier alpha value is -1.41. The fourth-order valence-corrected chi connectivity index (χ4v) is 7.62. The van der Waals surface area contributed by atoms with Gasteiger partial charge in [0, 0.05) is 18.7 Å². The molecule has 0 radical (unpaired) electrons. The summed E-state index contributed by atoms with van der Waals surface area (Å²) in [6.45, 7) is 1.47. The lowest BCUT2D eigenvalue weighted by Crippen LogP contribution is -2.35. The molecule has 8 heteroatoms. The third-order valence-electron chi connectivity index (χ3n) is 4.70. The van der Waals surface area contributed by atoms with E-state index >= 15 is 0 Å². The summed E-state index contributed by atoms with van der Waals surface area (Å²) < 4.78 is 48.1. The van der Waals surface area contributed by atoms with Gasteiger partial charge in [-0.1, -0.05) is 0 Å². The SMILES string of the molecule is O=C(c1ccc(S(=O)(=O)[C@@H]2CCS(=O)(=O)C2)cc1)N1CCCCC1. The first-order chi connectivity index (χ1) is 11.3. The van der Waals surface area contributed by atoms with Crippen molar-refractivity contribution in [1.82, 2.24) is 4.90 Å². The summed E-state index contributed by atoms with van der Waals surface area (Å²) in [5.74, 6) is -0.478. The zero-order valence-electron chi connectivity index (χ0n) is 13.3. The quantitative estimate of drug-likeness (QED) is 0.798. The minimum Gasteiger partial charge on any atom is -0.339 e. The summed E-state index contributed by atoms with van der Waals surface area (Å²) in [6.07, 6.45) is 3.26. The normalized spacial score (nSPS) is 24.0. The summed E-state index contributed by atoms with van der Waals surface area (Å²) in [5.41, 5.74) is 0.467. The summed E-state index contributed by atoms with van der Waals surface area (Å²) in [6, 6.07) is 5.87. The van der Waals surface area contributed by atoms with Crippen LogP contribution < -0.4 is 0 Å². The molecule has 1 atom stereocenters. The molecule has 3 rings (SSSR count). The second-order valence-corrected chi connectivity index (χ2v) is 10.9. The van der Waals surface area contributed by atoms with E-state index in [-0.39, 0.29) is 28.7 Å². The molecule has 2 aliphatic heterocycles. The Kier molecular flexibility index (Phi) is 4.70. The Bertz CT molecular complexity index is 822. The lowest BCUT2D eigenvalue weighted by molar-refractivity contribution is 0.0724. The first-order valence-corrected chi connectivity index (χ1v) is 11.5. The Morgan fingerprint density at radius 1 is 1.04 bits per heavy atom. The maximum absolute atomic E-state index is 12.5. The van der Waals surface area contributed by atoms with Gasteiger partial charge in [-0.05, 0) is 49.9 Å². The van der Waals surface area contributed by atoms with Crippen molar-refractivity contribution in [3.05, 3.63) is 29.8 Å². The molecule has 0 spiro atoms. The van der Waals surface area contributed by atoms with Crippen molar-refractivity contribution >= 4 is 25.6 Å². The molecule has 0 aliphatic carbocycles. The van der Waals surface area contributed by atoms with Crippen molar-refractivity contribution in [2.75, 3.05) is 24.6 Å². The molecule has 2 heterocycles. The third kappa shape index (κ3) is 3.49. The van der Waals surface area contributed by atoms with Gasteiger partial charge < -0.3 is 4.90 Å². The molecular formula is C16H21NO5S2. The van der Waals surface area contributed by atoms with E-state index in [1.807, 2.05) is 0 Å². The Labute approximate surface area is 142 Å². The molecule has 0 saturated carbocycles. The predicted molar refractivity (Wildman–Crippen MR) is 90.4 cm³/mol. The molecule has 2 fully saturated rings. The number of amides is 1. The molecule has 132 valence electrons. The minimum atomic E-state index is -3.68. The number of likely N-dealkylation sites (tertiary alicyclic amines) is 1. The van der Waals surface area contributed by atoms with Crippen LogP contribution in [0.3, 0.4) is 0 Å². The number of carbonyl (C=O) groups excluding carboxylic acids is 1. The minimum absolute atomic E-state index is 0.0809.